The van der Waals surface area contributed by atoms with E-state index in [1.807, 2.05) is 4.90 Å². The number of benzene rings is 1. The van der Waals surface area contributed by atoms with Crippen molar-refractivity contribution < 1.29 is 9.59 Å². The zero-order chi connectivity index (χ0) is 16.7. The van der Waals surface area contributed by atoms with E-state index in [0.717, 1.165) is 25.8 Å². The van der Waals surface area contributed by atoms with Gasteiger partial charge in [0.1, 0.15) is 0 Å². The summed E-state index contributed by atoms with van der Waals surface area (Å²) in [5.41, 5.74) is 0.667. The molecule has 1 unspecified atom stereocenters. The number of hydrogen-bond donors (Lipinski definition) is 2. The molecular weight excluding hydrogens is 314 g/mol. The molecule has 5 nitrogen and oxygen atoms in total. The maximum Gasteiger partial charge on any atom is 0.319 e. The molecule has 2 N–H and O–H groups in total. The molecule has 1 aliphatic heterocycles. The molecule has 1 saturated heterocycles. The number of nitrogens with one attached hydrogen (secondary N) is 2. The van der Waals surface area contributed by atoms with Crippen LogP contribution in [0.1, 0.15) is 39.0 Å². The van der Waals surface area contributed by atoms with Crippen LogP contribution in [0.15, 0.2) is 24.3 Å². The minimum Gasteiger partial charge on any atom is -0.340 e. The first-order valence-corrected chi connectivity index (χ1v) is 8.58. The van der Waals surface area contributed by atoms with Crippen LogP contribution in [0.25, 0.3) is 0 Å². The summed E-state index contributed by atoms with van der Waals surface area (Å²) in [4.78, 5) is 26.1. The molecule has 3 amide bonds. The van der Waals surface area contributed by atoms with E-state index in [0.29, 0.717) is 29.7 Å². The number of piperidine rings is 1. The summed E-state index contributed by atoms with van der Waals surface area (Å²) in [5.74, 6) is 0.128. The topological polar surface area (TPSA) is 61.4 Å². The van der Waals surface area contributed by atoms with Crippen molar-refractivity contribution >= 4 is 29.2 Å². The highest BCUT2D eigenvalue weighted by atomic mass is 35.5. The van der Waals surface area contributed by atoms with Gasteiger partial charge in [0, 0.05) is 36.3 Å². The number of rotatable bonds is 5. The lowest BCUT2D eigenvalue weighted by Crippen LogP contribution is -2.44. The monoisotopic (exact) mass is 337 g/mol. The molecular formula is C17H24ClN3O2. The van der Waals surface area contributed by atoms with Crippen molar-refractivity contribution in [1.29, 1.82) is 0 Å². The summed E-state index contributed by atoms with van der Waals surface area (Å²) >= 11 is 5.79. The van der Waals surface area contributed by atoms with Gasteiger partial charge < -0.3 is 15.5 Å². The highest BCUT2D eigenvalue weighted by Gasteiger charge is 2.24. The van der Waals surface area contributed by atoms with E-state index in [4.69, 9.17) is 11.6 Å². The number of urea groups is 1. The van der Waals surface area contributed by atoms with Crippen LogP contribution in [0.5, 0.6) is 0 Å². The number of carbonyl (C=O) groups is 2. The molecule has 0 bridgehead atoms. The first kappa shape index (κ1) is 17.6. The molecule has 0 aromatic heterocycles. The number of hydrogen-bond acceptors (Lipinski definition) is 2. The Labute approximate surface area is 142 Å². The standard InChI is InChI=1S/C17H24ClN3O2/c1-2-15-5-3-4-12-21(15)16(22)10-11-19-17(23)20-14-8-6-13(18)7-9-14/h6-9,15H,2-5,10-12H2,1H3,(H2,19,20,23). The Morgan fingerprint density at radius 3 is 2.70 bits per heavy atom. The van der Waals surface area contributed by atoms with E-state index in [1.165, 1.54) is 6.42 Å². The average Bonchev–Trinajstić information content (AvgIpc) is 2.56. The average molecular weight is 338 g/mol. The smallest absolute Gasteiger partial charge is 0.319 e. The predicted molar refractivity (Wildman–Crippen MR) is 92.7 cm³/mol. The Balaban J connectivity index is 1.72. The zero-order valence-electron chi connectivity index (χ0n) is 13.5. The van der Waals surface area contributed by atoms with E-state index in [2.05, 4.69) is 17.6 Å². The predicted octanol–water partition coefficient (Wildman–Crippen LogP) is 3.64. The molecule has 126 valence electrons. The Kier molecular flexibility index (Phi) is 6.71. The lowest BCUT2D eigenvalue weighted by Gasteiger charge is -2.35. The fourth-order valence-electron chi connectivity index (χ4n) is 2.89. The summed E-state index contributed by atoms with van der Waals surface area (Å²) in [6.07, 6.45) is 4.70. The third kappa shape index (κ3) is 5.43. The Hall–Kier alpha value is -1.75. The molecule has 1 aliphatic rings. The van der Waals surface area contributed by atoms with Crippen molar-refractivity contribution in [1.82, 2.24) is 10.2 Å². The van der Waals surface area contributed by atoms with Crippen LogP contribution in [-0.4, -0.2) is 36.0 Å². The van der Waals surface area contributed by atoms with E-state index in [9.17, 15) is 9.59 Å². The number of likely N-dealkylation sites (tertiary alicyclic amines) is 1. The van der Waals surface area contributed by atoms with Crippen molar-refractivity contribution in [3.05, 3.63) is 29.3 Å². The minimum atomic E-state index is -0.314. The second kappa shape index (κ2) is 8.77. The normalized spacial score (nSPS) is 17.7. The highest BCUT2D eigenvalue weighted by Crippen LogP contribution is 2.20. The summed E-state index contributed by atoms with van der Waals surface area (Å²) in [6, 6.07) is 6.92. The van der Waals surface area contributed by atoms with Crippen molar-refractivity contribution in [2.75, 3.05) is 18.4 Å². The Morgan fingerprint density at radius 1 is 1.26 bits per heavy atom. The van der Waals surface area contributed by atoms with Crippen LogP contribution >= 0.6 is 11.6 Å². The van der Waals surface area contributed by atoms with Gasteiger partial charge >= 0.3 is 6.03 Å². The summed E-state index contributed by atoms with van der Waals surface area (Å²) in [7, 11) is 0. The van der Waals surface area contributed by atoms with Crippen molar-refractivity contribution in [3.63, 3.8) is 0 Å². The van der Waals surface area contributed by atoms with Crippen LogP contribution in [0.4, 0.5) is 10.5 Å². The first-order chi connectivity index (χ1) is 11.1. The van der Waals surface area contributed by atoms with Gasteiger partial charge in [-0.05, 0) is 49.9 Å². The molecule has 1 atom stereocenters. The van der Waals surface area contributed by atoms with Gasteiger partial charge in [0.15, 0.2) is 0 Å². The molecule has 0 aliphatic carbocycles. The van der Waals surface area contributed by atoms with Crippen LogP contribution in [0, 0.1) is 0 Å². The largest absolute Gasteiger partial charge is 0.340 e. The molecule has 1 fully saturated rings. The Bertz CT molecular complexity index is 533. The Morgan fingerprint density at radius 2 is 2.00 bits per heavy atom. The van der Waals surface area contributed by atoms with E-state index in [-0.39, 0.29) is 11.9 Å². The maximum absolute atomic E-state index is 12.3. The van der Waals surface area contributed by atoms with Crippen LogP contribution < -0.4 is 10.6 Å². The van der Waals surface area contributed by atoms with Crippen molar-refractivity contribution in [2.45, 2.75) is 45.1 Å². The quantitative estimate of drug-likeness (QED) is 0.861. The first-order valence-electron chi connectivity index (χ1n) is 8.20. The van der Waals surface area contributed by atoms with E-state index >= 15 is 0 Å². The van der Waals surface area contributed by atoms with Crippen LogP contribution in [0.3, 0.4) is 0 Å². The third-order valence-corrected chi connectivity index (χ3v) is 4.40. The summed E-state index contributed by atoms with van der Waals surface area (Å²) in [5, 5.41) is 6.05. The molecule has 2 rings (SSSR count). The van der Waals surface area contributed by atoms with E-state index in [1.54, 1.807) is 24.3 Å². The molecule has 0 radical (unpaired) electrons. The number of anilines is 1. The van der Waals surface area contributed by atoms with Crippen molar-refractivity contribution in [2.24, 2.45) is 0 Å². The van der Waals surface area contributed by atoms with Gasteiger partial charge in [-0.25, -0.2) is 4.79 Å². The molecule has 1 aromatic rings. The molecule has 0 spiro atoms. The van der Waals surface area contributed by atoms with Crippen LogP contribution in [0.2, 0.25) is 5.02 Å². The van der Waals surface area contributed by atoms with Gasteiger partial charge in [0.2, 0.25) is 5.91 Å². The second-order valence-electron chi connectivity index (χ2n) is 5.78. The van der Waals surface area contributed by atoms with Gasteiger partial charge in [-0.2, -0.15) is 0 Å². The fraction of sp³-hybridized carbons (Fsp3) is 0.529. The summed E-state index contributed by atoms with van der Waals surface area (Å²) < 4.78 is 0. The van der Waals surface area contributed by atoms with Crippen molar-refractivity contribution in [3.8, 4) is 0 Å². The lowest BCUT2D eigenvalue weighted by molar-refractivity contribution is -0.134. The van der Waals surface area contributed by atoms with Gasteiger partial charge in [-0.15, -0.1) is 0 Å². The molecule has 1 heterocycles. The van der Waals surface area contributed by atoms with Gasteiger partial charge in [-0.3, -0.25) is 4.79 Å². The number of nitrogens with zero attached hydrogens (tertiary/aromatic N) is 1. The van der Waals surface area contributed by atoms with Gasteiger partial charge in [0.05, 0.1) is 0 Å². The lowest BCUT2D eigenvalue weighted by atomic mass is 9.99. The number of halogens is 1. The van der Waals surface area contributed by atoms with Gasteiger partial charge in [0.25, 0.3) is 0 Å². The van der Waals surface area contributed by atoms with E-state index < -0.39 is 0 Å². The SMILES string of the molecule is CCC1CCCCN1C(=O)CCNC(=O)Nc1ccc(Cl)cc1. The molecule has 0 saturated carbocycles. The maximum atomic E-state index is 12.3. The minimum absolute atomic E-state index is 0.128. The molecule has 1 aromatic carbocycles. The number of carbonyl (C=O) groups excluding carboxylic acids is 2. The fourth-order valence-corrected chi connectivity index (χ4v) is 3.01. The third-order valence-electron chi connectivity index (χ3n) is 4.15. The summed E-state index contributed by atoms with van der Waals surface area (Å²) in [6.45, 7) is 3.30. The van der Waals surface area contributed by atoms with Gasteiger partial charge in [-0.1, -0.05) is 18.5 Å². The molecule has 6 heteroatoms. The number of amides is 3. The second-order valence-corrected chi connectivity index (χ2v) is 6.22. The highest BCUT2D eigenvalue weighted by molar-refractivity contribution is 6.30. The zero-order valence-corrected chi connectivity index (χ0v) is 14.2. The molecule has 23 heavy (non-hydrogen) atoms. The van der Waals surface area contributed by atoms with Crippen LogP contribution in [-0.2, 0) is 4.79 Å².